The van der Waals surface area contributed by atoms with Crippen molar-refractivity contribution in [3.05, 3.63) is 17.0 Å². The van der Waals surface area contributed by atoms with Crippen molar-refractivity contribution in [3.63, 3.8) is 0 Å². The molecule has 1 aliphatic heterocycles. The number of methoxy groups -OCH3 is 1. The summed E-state index contributed by atoms with van der Waals surface area (Å²) in [6, 6.07) is 0.262. The molecule has 0 aromatic carbocycles. The molecule has 1 aromatic heterocycles. The molecule has 0 bridgehead atoms. The van der Waals surface area contributed by atoms with Crippen molar-refractivity contribution in [2.24, 2.45) is 7.05 Å². The van der Waals surface area contributed by atoms with Gasteiger partial charge in [0.15, 0.2) is 0 Å². The van der Waals surface area contributed by atoms with E-state index in [4.69, 9.17) is 9.47 Å². The van der Waals surface area contributed by atoms with Crippen molar-refractivity contribution < 1.29 is 14.3 Å². The fourth-order valence-corrected chi connectivity index (χ4v) is 3.51. The van der Waals surface area contributed by atoms with Gasteiger partial charge in [-0.1, -0.05) is 0 Å². The Morgan fingerprint density at radius 2 is 2.09 bits per heavy atom. The van der Waals surface area contributed by atoms with Crippen LogP contribution in [0.3, 0.4) is 0 Å². The molecule has 0 radical (unpaired) electrons. The maximum absolute atomic E-state index is 12.9. The Balaban J connectivity index is 1.84. The van der Waals surface area contributed by atoms with E-state index in [2.05, 4.69) is 5.10 Å². The Morgan fingerprint density at radius 3 is 2.73 bits per heavy atom. The van der Waals surface area contributed by atoms with E-state index in [0.717, 1.165) is 30.5 Å². The van der Waals surface area contributed by atoms with Crippen LogP contribution in [0.4, 0.5) is 0 Å². The van der Waals surface area contributed by atoms with Crippen molar-refractivity contribution in [2.75, 3.05) is 14.2 Å². The Morgan fingerprint density at radius 1 is 1.41 bits per heavy atom. The van der Waals surface area contributed by atoms with Gasteiger partial charge in [0.2, 0.25) is 0 Å². The molecule has 6 nitrogen and oxygen atoms in total. The minimum Gasteiger partial charge on any atom is -0.381 e. The molecule has 2 aliphatic rings. The molecule has 1 fully saturated rings. The lowest BCUT2D eigenvalue weighted by atomic mass is 9.87. The summed E-state index contributed by atoms with van der Waals surface area (Å²) >= 11 is 0. The third-order valence-corrected chi connectivity index (χ3v) is 4.96. The first kappa shape index (κ1) is 15.5. The molecule has 3 rings (SSSR count). The molecule has 1 saturated carbocycles. The predicted molar refractivity (Wildman–Crippen MR) is 81.8 cm³/mol. The number of aromatic nitrogens is 2. The molecule has 0 N–H and O–H groups in total. The van der Waals surface area contributed by atoms with Gasteiger partial charge in [-0.15, -0.1) is 0 Å². The van der Waals surface area contributed by atoms with Crippen LogP contribution in [-0.2, 0) is 22.9 Å². The summed E-state index contributed by atoms with van der Waals surface area (Å²) in [5, 5.41) is 4.52. The summed E-state index contributed by atoms with van der Waals surface area (Å²) in [6.07, 6.45) is 2.91. The highest BCUT2D eigenvalue weighted by atomic mass is 16.5. The lowest BCUT2D eigenvalue weighted by molar-refractivity contribution is -0.0151. The Kier molecular flexibility index (Phi) is 3.99. The third kappa shape index (κ3) is 2.44. The van der Waals surface area contributed by atoms with Gasteiger partial charge in [0.1, 0.15) is 5.69 Å². The van der Waals surface area contributed by atoms with E-state index in [9.17, 15) is 4.79 Å². The van der Waals surface area contributed by atoms with Crippen LogP contribution < -0.4 is 0 Å². The number of amides is 1. The number of fused-ring (bicyclic) bond motifs is 1. The van der Waals surface area contributed by atoms with E-state index in [1.807, 2.05) is 32.8 Å². The van der Waals surface area contributed by atoms with Crippen molar-refractivity contribution in [2.45, 2.75) is 57.5 Å². The van der Waals surface area contributed by atoms with Gasteiger partial charge in [0.05, 0.1) is 24.0 Å². The summed E-state index contributed by atoms with van der Waals surface area (Å²) in [5.41, 5.74) is 2.66. The Hall–Kier alpha value is -1.40. The molecule has 1 amide bonds. The fraction of sp³-hybridized carbons (Fsp3) is 0.750. The van der Waals surface area contributed by atoms with Gasteiger partial charge in [-0.05, 0) is 26.7 Å². The van der Waals surface area contributed by atoms with E-state index >= 15 is 0 Å². The monoisotopic (exact) mass is 307 g/mol. The average Bonchev–Trinajstić information content (AvgIpc) is 2.73. The van der Waals surface area contributed by atoms with Crippen molar-refractivity contribution >= 4 is 5.91 Å². The first-order valence-corrected chi connectivity index (χ1v) is 7.93. The van der Waals surface area contributed by atoms with Crippen molar-refractivity contribution in [1.82, 2.24) is 14.7 Å². The number of hydrogen-bond acceptors (Lipinski definition) is 4. The topological polar surface area (TPSA) is 56.6 Å². The summed E-state index contributed by atoms with van der Waals surface area (Å²) in [7, 11) is 5.45. The molecule has 0 unspecified atom stereocenters. The number of nitrogens with zero attached hydrogens (tertiary/aromatic N) is 3. The number of aryl methyl sites for hydroxylation is 1. The maximum atomic E-state index is 12.9. The lowest BCUT2D eigenvalue weighted by Crippen LogP contribution is -2.49. The van der Waals surface area contributed by atoms with Gasteiger partial charge in [-0.2, -0.15) is 5.10 Å². The van der Waals surface area contributed by atoms with Crippen molar-refractivity contribution in [1.29, 1.82) is 0 Å². The summed E-state index contributed by atoms with van der Waals surface area (Å²) in [4.78, 5) is 14.8. The third-order valence-electron chi connectivity index (χ3n) is 4.96. The minimum absolute atomic E-state index is 0.0529. The van der Waals surface area contributed by atoms with E-state index in [0.29, 0.717) is 5.69 Å². The molecule has 0 spiro atoms. The smallest absolute Gasteiger partial charge is 0.272 e. The largest absolute Gasteiger partial charge is 0.381 e. The van der Waals surface area contributed by atoms with Gasteiger partial charge in [0.25, 0.3) is 5.91 Å². The highest BCUT2D eigenvalue weighted by Crippen LogP contribution is 2.33. The maximum Gasteiger partial charge on any atom is 0.272 e. The van der Waals surface area contributed by atoms with Crippen LogP contribution >= 0.6 is 0 Å². The second kappa shape index (κ2) is 5.66. The number of rotatable bonds is 3. The summed E-state index contributed by atoms with van der Waals surface area (Å²) in [6.45, 7) is 4.04. The van der Waals surface area contributed by atoms with Crippen LogP contribution in [0.2, 0.25) is 0 Å². The van der Waals surface area contributed by atoms with E-state index < -0.39 is 0 Å². The molecule has 0 saturated heterocycles. The van der Waals surface area contributed by atoms with Crippen LogP contribution in [-0.4, -0.2) is 53.0 Å². The number of hydrogen-bond donors (Lipinski definition) is 0. The standard InChI is InChI=1S/C16H25N3O3/c1-9-6-13-14(10(2)22-9)17-19(4)15(13)16(20)18(3)11-7-12(8-11)21-5/h9-12H,6-8H2,1-5H3/t9-,10+,11?,12?/m1/s1. The molecule has 1 aromatic rings. The molecule has 2 heterocycles. The number of carbonyl (C=O) groups is 1. The first-order chi connectivity index (χ1) is 10.4. The quantitative estimate of drug-likeness (QED) is 0.853. The molecular formula is C16H25N3O3. The minimum atomic E-state index is -0.0571. The zero-order chi connectivity index (χ0) is 16.0. The molecule has 6 heteroatoms. The molecule has 122 valence electrons. The SMILES string of the molecule is COC1CC(N(C)C(=O)c2c3c(nn2C)[C@H](C)O[C@H](C)C3)C1. The molecular weight excluding hydrogens is 282 g/mol. The normalized spacial score (nSPS) is 30.6. The average molecular weight is 307 g/mol. The lowest BCUT2D eigenvalue weighted by Gasteiger charge is -2.40. The highest BCUT2D eigenvalue weighted by Gasteiger charge is 2.38. The molecule has 2 atom stereocenters. The van der Waals surface area contributed by atoms with Crippen LogP contribution in [0.25, 0.3) is 0 Å². The van der Waals surface area contributed by atoms with E-state index in [1.54, 1.807) is 11.8 Å². The molecule has 22 heavy (non-hydrogen) atoms. The zero-order valence-electron chi connectivity index (χ0n) is 14.0. The van der Waals surface area contributed by atoms with E-state index in [1.165, 1.54) is 0 Å². The summed E-state index contributed by atoms with van der Waals surface area (Å²) < 4.78 is 12.8. The Labute approximate surface area is 131 Å². The van der Waals surface area contributed by atoms with Crippen molar-refractivity contribution in [3.8, 4) is 0 Å². The van der Waals surface area contributed by atoms with Crippen LogP contribution in [0.15, 0.2) is 0 Å². The number of ether oxygens (including phenoxy) is 2. The van der Waals surface area contributed by atoms with Gasteiger partial charge >= 0.3 is 0 Å². The first-order valence-electron chi connectivity index (χ1n) is 7.93. The predicted octanol–water partition coefficient (Wildman–Crippen LogP) is 1.69. The van der Waals surface area contributed by atoms with Crippen LogP contribution in [0.5, 0.6) is 0 Å². The summed E-state index contributed by atoms with van der Waals surface area (Å²) in [5.74, 6) is 0.0529. The second-order valence-corrected chi connectivity index (χ2v) is 6.53. The van der Waals surface area contributed by atoms with Gasteiger partial charge < -0.3 is 14.4 Å². The highest BCUT2D eigenvalue weighted by molar-refractivity contribution is 5.94. The zero-order valence-corrected chi connectivity index (χ0v) is 14.0. The van der Waals surface area contributed by atoms with Gasteiger partial charge in [-0.3, -0.25) is 9.48 Å². The van der Waals surface area contributed by atoms with Gasteiger partial charge in [0, 0.05) is 39.2 Å². The second-order valence-electron chi connectivity index (χ2n) is 6.53. The number of carbonyl (C=O) groups excluding carboxylic acids is 1. The van der Waals surface area contributed by atoms with Crippen LogP contribution in [0, 0.1) is 0 Å². The Bertz CT molecular complexity index is 577. The van der Waals surface area contributed by atoms with Crippen LogP contribution in [0.1, 0.15) is 54.5 Å². The van der Waals surface area contributed by atoms with E-state index in [-0.39, 0.29) is 30.3 Å². The fourth-order valence-electron chi connectivity index (χ4n) is 3.51. The van der Waals surface area contributed by atoms with Gasteiger partial charge in [-0.25, -0.2) is 0 Å². The molecule has 1 aliphatic carbocycles.